The van der Waals surface area contributed by atoms with Crippen LogP contribution in [-0.4, -0.2) is 45.1 Å². The van der Waals surface area contributed by atoms with E-state index in [2.05, 4.69) is 41.0 Å². The molecule has 0 atom stereocenters. The van der Waals surface area contributed by atoms with Crippen LogP contribution in [-0.2, 0) is 0 Å². The molecule has 0 N–H and O–H groups in total. The molecule has 2 aliphatic rings. The molecule has 0 saturated carbocycles. The van der Waals surface area contributed by atoms with Crippen molar-refractivity contribution in [1.82, 2.24) is 19.6 Å². The number of allylic oxidation sites excluding steroid dienone is 1. The highest BCUT2D eigenvalue weighted by Crippen LogP contribution is 2.29. The Balaban J connectivity index is 1.67. The number of nitrogens with zero attached hydrogens (tertiary/aromatic N) is 5. The van der Waals surface area contributed by atoms with E-state index in [0.717, 1.165) is 42.4 Å². The molecule has 1 aromatic heterocycles. The van der Waals surface area contributed by atoms with E-state index in [1.807, 2.05) is 47.4 Å². The van der Waals surface area contributed by atoms with Crippen LogP contribution in [0.3, 0.4) is 0 Å². The fraction of sp³-hybridized carbons (Fsp3) is 0.263. The summed E-state index contributed by atoms with van der Waals surface area (Å²) in [6.45, 7) is 7.25. The lowest BCUT2D eigenvalue weighted by molar-refractivity contribution is 0.210. The van der Waals surface area contributed by atoms with Gasteiger partial charge in [-0.15, -0.1) is 0 Å². The van der Waals surface area contributed by atoms with Gasteiger partial charge >= 0.3 is 0 Å². The van der Waals surface area contributed by atoms with Crippen LogP contribution in [0.5, 0.6) is 0 Å². The van der Waals surface area contributed by atoms with Crippen LogP contribution in [0.2, 0.25) is 0 Å². The van der Waals surface area contributed by atoms with E-state index >= 15 is 0 Å². The van der Waals surface area contributed by atoms with Gasteiger partial charge < -0.3 is 9.80 Å². The smallest absolute Gasteiger partial charge is 0.103 e. The molecule has 0 radical (unpaired) electrons. The van der Waals surface area contributed by atoms with E-state index in [1.165, 1.54) is 5.70 Å². The monoisotopic (exact) mass is 319 g/mol. The van der Waals surface area contributed by atoms with Crippen LogP contribution in [0.15, 0.2) is 71.4 Å². The average molecular weight is 319 g/mol. The second-order valence-corrected chi connectivity index (χ2v) is 5.95. The minimum atomic E-state index is 0.925. The fourth-order valence-electron chi connectivity index (χ4n) is 3.07. The second kappa shape index (κ2) is 6.00. The largest absolute Gasteiger partial charge is 0.358 e. The van der Waals surface area contributed by atoms with E-state index in [4.69, 9.17) is 4.99 Å². The van der Waals surface area contributed by atoms with Crippen LogP contribution in [0.4, 0.5) is 0 Å². The van der Waals surface area contributed by atoms with Gasteiger partial charge in [-0.3, -0.25) is 0 Å². The lowest BCUT2D eigenvalue weighted by Crippen LogP contribution is -2.38. The van der Waals surface area contributed by atoms with Gasteiger partial charge in [-0.25, -0.2) is 9.67 Å². The summed E-state index contributed by atoms with van der Waals surface area (Å²) in [5, 5.41) is 4.48. The van der Waals surface area contributed by atoms with Gasteiger partial charge in [0, 0.05) is 31.0 Å². The van der Waals surface area contributed by atoms with Gasteiger partial charge in [-0.1, -0.05) is 18.2 Å². The molecule has 1 aromatic carbocycles. The molecule has 0 bridgehead atoms. The van der Waals surface area contributed by atoms with Gasteiger partial charge in [0.25, 0.3) is 0 Å². The van der Waals surface area contributed by atoms with Crippen molar-refractivity contribution in [3.63, 3.8) is 0 Å². The zero-order valence-corrected chi connectivity index (χ0v) is 14.1. The minimum absolute atomic E-state index is 0.925. The van der Waals surface area contributed by atoms with Crippen LogP contribution >= 0.6 is 0 Å². The van der Waals surface area contributed by atoms with Crippen molar-refractivity contribution in [2.45, 2.75) is 13.8 Å². The Morgan fingerprint density at radius 3 is 2.67 bits per heavy atom. The molecule has 0 amide bonds. The highest BCUT2D eigenvalue weighted by Gasteiger charge is 2.26. The molecular weight excluding hydrogens is 298 g/mol. The molecule has 2 aliphatic heterocycles. The van der Waals surface area contributed by atoms with Gasteiger partial charge in [0.05, 0.1) is 30.0 Å². The van der Waals surface area contributed by atoms with Crippen LogP contribution < -0.4 is 0 Å². The van der Waals surface area contributed by atoms with Crippen LogP contribution in [0.1, 0.15) is 19.4 Å². The minimum Gasteiger partial charge on any atom is -0.358 e. The molecule has 4 rings (SSSR count). The van der Waals surface area contributed by atoms with Gasteiger partial charge in [-0.05, 0) is 32.1 Å². The lowest BCUT2D eigenvalue weighted by Gasteiger charge is -2.35. The topological polar surface area (TPSA) is 36.7 Å². The summed E-state index contributed by atoms with van der Waals surface area (Å²) >= 11 is 0. The molecular formula is C19H21N5. The third-order valence-electron chi connectivity index (χ3n) is 4.46. The van der Waals surface area contributed by atoms with Crippen molar-refractivity contribution < 1.29 is 0 Å². The number of fused-ring (bicyclic) bond motifs is 1. The Hall–Kier alpha value is -2.82. The quantitative estimate of drug-likeness (QED) is 0.869. The molecule has 0 spiro atoms. The number of hydrogen-bond acceptors (Lipinski definition) is 4. The Kier molecular flexibility index (Phi) is 3.69. The molecule has 0 saturated heterocycles. The predicted octanol–water partition coefficient (Wildman–Crippen LogP) is 3.02. The predicted molar refractivity (Wildman–Crippen MR) is 95.9 cm³/mol. The Morgan fingerprint density at radius 1 is 1.08 bits per heavy atom. The molecule has 0 unspecified atom stereocenters. The third-order valence-corrected chi connectivity index (χ3v) is 4.46. The van der Waals surface area contributed by atoms with Crippen LogP contribution in [0.25, 0.3) is 5.69 Å². The maximum absolute atomic E-state index is 4.83. The maximum atomic E-state index is 4.83. The number of benzene rings is 1. The SMILES string of the molecule is CCN1C=C2N=C(c3cnn(-c4ccccc4)c3)C=C2N(CC)C1. The molecule has 122 valence electrons. The van der Waals surface area contributed by atoms with Gasteiger partial charge in [-0.2, -0.15) is 5.10 Å². The summed E-state index contributed by atoms with van der Waals surface area (Å²) < 4.78 is 1.89. The first-order chi connectivity index (χ1) is 11.8. The van der Waals surface area contributed by atoms with Crippen molar-refractivity contribution in [3.05, 3.63) is 72.0 Å². The lowest BCUT2D eigenvalue weighted by atomic mass is 10.2. The number of aliphatic imine (C=N–C) groups is 1. The first kappa shape index (κ1) is 14.8. The van der Waals surface area contributed by atoms with E-state index in [-0.39, 0.29) is 0 Å². The molecule has 5 heteroatoms. The number of para-hydroxylation sites is 1. The third kappa shape index (κ3) is 2.52. The zero-order chi connectivity index (χ0) is 16.5. The molecule has 0 aliphatic carbocycles. The summed E-state index contributed by atoms with van der Waals surface area (Å²) in [6, 6.07) is 10.1. The number of rotatable bonds is 4. The zero-order valence-electron chi connectivity index (χ0n) is 14.1. The number of likely N-dealkylation sites (N-methyl/N-ethyl adjacent to an activating group) is 1. The normalized spacial score (nSPS) is 16.7. The van der Waals surface area contributed by atoms with Crippen LogP contribution in [0, 0.1) is 0 Å². The molecule has 5 nitrogen and oxygen atoms in total. The molecule has 2 aromatic rings. The van der Waals surface area contributed by atoms with E-state index in [9.17, 15) is 0 Å². The van der Waals surface area contributed by atoms with Crippen molar-refractivity contribution in [3.8, 4) is 5.69 Å². The molecule has 0 fully saturated rings. The average Bonchev–Trinajstić information content (AvgIpc) is 3.28. The van der Waals surface area contributed by atoms with Crippen molar-refractivity contribution >= 4 is 5.71 Å². The van der Waals surface area contributed by atoms with E-state index < -0.39 is 0 Å². The number of hydrogen-bond donors (Lipinski definition) is 0. The van der Waals surface area contributed by atoms with Gasteiger partial charge in [0.15, 0.2) is 0 Å². The molecule has 24 heavy (non-hydrogen) atoms. The summed E-state index contributed by atoms with van der Waals surface area (Å²) in [5.41, 5.74) is 5.34. The summed E-state index contributed by atoms with van der Waals surface area (Å²) in [4.78, 5) is 9.48. The van der Waals surface area contributed by atoms with Gasteiger partial charge in [0.2, 0.25) is 0 Å². The molecule has 3 heterocycles. The van der Waals surface area contributed by atoms with E-state index in [1.54, 1.807) is 0 Å². The fourth-order valence-corrected chi connectivity index (χ4v) is 3.07. The highest BCUT2D eigenvalue weighted by molar-refractivity contribution is 6.11. The second-order valence-electron chi connectivity index (χ2n) is 5.95. The standard InChI is InChI=1S/C19H21N5/c1-3-22-13-18-19(23(4-2)14-22)10-17(21-18)15-11-20-24(12-15)16-8-6-5-7-9-16/h5-13H,3-4,14H2,1-2H3. The summed E-state index contributed by atoms with van der Waals surface area (Å²) in [5.74, 6) is 0. The Labute approximate surface area is 142 Å². The Morgan fingerprint density at radius 2 is 1.92 bits per heavy atom. The van der Waals surface area contributed by atoms with Crippen molar-refractivity contribution in [2.75, 3.05) is 19.8 Å². The first-order valence-corrected chi connectivity index (χ1v) is 8.40. The summed E-state index contributed by atoms with van der Waals surface area (Å²) in [7, 11) is 0. The maximum Gasteiger partial charge on any atom is 0.103 e. The summed E-state index contributed by atoms with van der Waals surface area (Å²) in [6.07, 6.45) is 8.26. The first-order valence-electron chi connectivity index (χ1n) is 8.40. The van der Waals surface area contributed by atoms with Gasteiger partial charge in [0.1, 0.15) is 5.70 Å². The Bertz CT molecular complexity index is 828. The van der Waals surface area contributed by atoms with Crippen molar-refractivity contribution in [2.24, 2.45) is 4.99 Å². The highest BCUT2D eigenvalue weighted by atomic mass is 15.3. The van der Waals surface area contributed by atoms with E-state index in [0.29, 0.717) is 0 Å². The van der Waals surface area contributed by atoms with Crippen molar-refractivity contribution in [1.29, 1.82) is 0 Å². The number of aromatic nitrogens is 2.